The van der Waals surface area contributed by atoms with Crippen molar-refractivity contribution in [3.63, 3.8) is 0 Å². The maximum absolute atomic E-state index is 5.50. The van der Waals surface area contributed by atoms with Crippen molar-refractivity contribution in [2.75, 3.05) is 12.8 Å². The highest BCUT2D eigenvalue weighted by atomic mass is 28.3. The van der Waals surface area contributed by atoms with E-state index in [0.29, 0.717) is 0 Å². The van der Waals surface area contributed by atoms with Gasteiger partial charge in [0.1, 0.15) is 0 Å². The highest BCUT2D eigenvalue weighted by Gasteiger charge is 2.09. The van der Waals surface area contributed by atoms with Crippen molar-refractivity contribution in [2.45, 2.75) is 19.9 Å². The molecule has 0 fully saturated rings. The maximum atomic E-state index is 5.50. The average molecular weight is 194 g/mol. The minimum atomic E-state index is -0.811. The fourth-order valence-corrected chi connectivity index (χ4v) is 3.62. The number of ether oxygens (including phenoxy) is 1. The minimum absolute atomic E-state index is 0.811. The summed E-state index contributed by atoms with van der Waals surface area (Å²) in [4.78, 5) is 0. The molecule has 1 nitrogen and oxygen atoms in total. The lowest BCUT2D eigenvalue weighted by Gasteiger charge is -2.12. The molecule has 1 aromatic carbocycles. The molecule has 0 spiro atoms. The molecule has 0 aliphatic rings. The lowest BCUT2D eigenvalue weighted by molar-refractivity contribution is 0.191. The molecule has 0 aliphatic carbocycles. The molecule has 1 rings (SSSR count). The van der Waals surface area contributed by atoms with Gasteiger partial charge in [-0.05, 0) is 6.92 Å². The molecule has 0 bridgehead atoms. The van der Waals surface area contributed by atoms with Crippen LogP contribution in [0.2, 0.25) is 6.04 Å². The van der Waals surface area contributed by atoms with Gasteiger partial charge < -0.3 is 4.74 Å². The molecule has 1 atom stereocenters. The lowest BCUT2D eigenvalue weighted by Crippen LogP contribution is -2.34. The highest BCUT2D eigenvalue weighted by molar-refractivity contribution is 6.73. The first-order chi connectivity index (χ1) is 6.38. The third kappa shape index (κ3) is 3.33. The van der Waals surface area contributed by atoms with Crippen molar-refractivity contribution in [3.8, 4) is 0 Å². The minimum Gasteiger partial charge on any atom is -0.385 e. The number of rotatable bonds is 5. The average Bonchev–Trinajstić information content (AvgIpc) is 2.21. The van der Waals surface area contributed by atoms with E-state index in [1.165, 1.54) is 11.2 Å². The van der Waals surface area contributed by atoms with Crippen LogP contribution in [0.3, 0.4) is 0 Å². The van der Waals surface area contributed by atoms with E-state index in [0.717, 1.165) is 12.8 Å². The molecular formula is C11H18OSi. The van der Waals surface area contributed by atoms with Crippen LogP contribution in [0.5, 0.6) is 0 Å². The van der Waals surface area contributed by atoms with E-state index >= 15 is 0 Å². The summed E-state index contributed by atoms with van der Waals surface area (Å²) in [6.45, 7) is 5.17. The number of hydrogen-bond donors (Lipinski definition) is 0. The fraction of sp³-hybridized carbons (Fsp3) is 0.455. The number of benzene rings is 1. The molecule has 1 aromatic rings. The van der Waals surface area contributed by atoms with Crippen molar-refractivity contribution in [3.05, 3.63) is 30.3 Å². The largest absolute Gasteiger partial charge is 0.385 e. The van der Waals surface area contributed by atoms with Gasteiger partial charge >= 0.3 is 0 Å². The van der Waals surface area contributed by atoms with E-state index in [-0.39, 0.29) is 0 Å². The molecule has 0 amide bonds. The summed E-state index contributed by atoms with van der Waals surface area (Å²) in [5, 5.41) is 1.53. The van der Waals surface area contributed by atoms with Crippen LogP contribution in [-0.2, 0) is 4.74 Å². The summed E-state index contributed by atoms with van der Waals surface area (Å²) < 4.78 is 5.50. The number of hydrogen-bond acceptors (Lipinski definition) is 1. The second-order valence-electron chi connectivity index (χ2n) is 3.18. The smallest absolute Gasteiger partial charge is 0.0998 e. The standard InChI is InChI=1S/C11H18OSi/c1-3-12-10-13(4-2)11-8-6-5-7-9-11/h5-9,13H,3-4,10H2,1-2H3. The van der Waals surface area contributed by atoms with E-state index in [1.807, 2.05) is 0 Å². The van der Waals surface area contributed by atoms with Gasteiger partial charge in [-0.1, -0.05) is 48.5 Å². The summed E-state index contributed by atoms with van der Waals surface area (Å²) in [6.07, 6.45) is 0.983. The molecule has 0 saturated carbocycles. The van der Waals surface area contributed by atoms with E-state index in [4.69, 9.17) is 4.74 Å². The fourth-order valence-electron chi connectivity index (χ4n) is 1.44. The van der Waals surface area contributed by atoms with Crippen molar-refractivity contribution in [1.82, 2.24) is 0 Å². The first-order valence-corrected chi connectivity index (χ1v) is 7.22. The zero-order valence-corrected chi connectivity index (χ0v) is 9.65. The highest BCUT2D eigenvalue weighted by Crippen LogP contribution is 1.95. The van der Waals surface area contributed by atoms with Crippen LogP contribution in [0.15, 0.2) is 30.3 Å². The summed E-state index contributed by atoms with van der Waals surface area (Å²) in [5.41, 5.74) is 0. The molecule has 72 valence electrons. The van der Waals surface area contributed by atoms with Gasteiger partial charge in [-0.3, -0.25) is 0 Å². The quantitative estimate of drug-likeness (QED) is 0.649. The summed E-state index contributed by atoms with van der Waals surface area (Å²) >= 11 is 0. The Bertz CT molecular complexity index is 223. The third-order valence-corrected chi connectivity index (χ3v) is 5.24. The second kappa shape index (κ2) is 5.94. The molecule has 0 radical (unpaired) electrons. The predicted molar refractivity (Wildman–Crippen MR) is 60.2 cm³/mol. The Morgan fingerprint density at radius 3 is 2.38 bits per heavy atom. The third-order valence-electron chi connectivity index (χ3n) is 2.29. The van der Waals surface area contributed by atoms with Crippen molar-refractivity contribution in [1.29, 1.82) is 0 Å². The van der Waals surface area contributed by atoms with Crippen molar-refractivity contribution < 1.29 is 4.74 Å². The summed E-state index contributed by atoms with van der Waals surface area (Å²) in [5.74, 6) is 0. The molecule has 0 aliphatic heterocycles. The van der Waals surface area contributed by atoms with Gasteiger partial charge in [0.05, 0.1) is 8.80 Å². The van der Waals surface area contributed by atoms with Crippen LogP contribution in [0.4, 0.5) is 0 Å². The normalized spacial score (nSPS) is 12.8. The van der Waals surface area contributed by atoms with Crippen molar-refractivity contribution >= 4 is 14.0 Å². The Kier molecular flexibility index (Phi) is 4.79. The van der Waals surface area contributed by atoms with Gasteiger partial charge in [0.25, 0.3) is 0 Å². The Hall–Kier alpha value is -0.603. The van der Waals surface area contributed by atoms with E-state index in [9.17, 15) is 0 Å². The molecule has 0 heterocycles. The van der Waals surface area contributed by atoms with Crippen LogP contribution >= 0.6 is 0 Å². The van der Waals surface area contributed by atoms with E-state index < -0.39 is 8.80 Å². The molecular weight excluding hydrogens is 176 g/mol. The van der Waals surface area contributed by atoms with Crippen LogP contribution in [-0.4, -0.2) is 21.6 Å². The van der Waals surface area contributed by atoms with E-state index in [1.54, 1.807) is 0 Å². The Morgan fingerprint density at radius 2 is 1.85 bits per heavy atom. The molecule has 0 N–H and O–H groups in total. The summed E-state index contributed by atoms with van der Waals surface area (Å²) in [7, 11) is -0.811. The molecule has 2 heteroatoms. The van der Waals surface area contributed by atoms with Gasteiger partial charge in [0.15, 0.2) is 0 Å². The SMILES string of the molecule is CCOC[SiH](CC)c1ccccc1. The zero-order valence-electron chi connectivity index (χ0n) is 8.49. The molecule has 0 saturated heterocycles. The topological polar surface area (TPSA) is 9.23 Å². The first kappa shape index (κ1) is 10.5. The first-order valence-electron chi connectivity index (χ1n) is 5.01. The van der Waals surface area contributed by atoms with Gasteiger partial charge in [0, 0.05) is 12.8 Å². The molecule has 1 unspecified atom stereocenters. The van der Waals surface area contributed by atoms with Gasteiger partial charge in [-0.2, -0.15) is 0 Å². The van der Waals surface area contributed by atoms with Crippen LogP contribution < -0.4 is 5.19 Å². The molecule has 0 aromatic heterocycles. The Morgan fingerprint density at radius 1 is 1.15 bits per heavy atom. The van der Waals surface area contributed by atoms with Crippen LogP contribution in [0.25, 0.3) is 0 Å². The summed E-state index contributed by atoms with van der Waals surface area (Å²) in [6, 6.07) is 12.1. The Balaban J connectivity index is 2.56. The van der Waals surface area contributed by atoms with Gasteiger partial charge in [-0.25, -0.2) is 0 Å². The molecule has 13 heavy (non-hydrogen) atoms. The van der Waals surface area contributed by atoms with Crippen LogP contribution in [0, 0.1) is 0 Å². The van der Waals surface area contributed by atoms with Gasteiger partial charge in [0.2, 0.25) is 0 Å². The predicted octanol–water partition coefficient (Wildman–Crippen LogP) is 1.72. The monoisotopic (exact) mass is 194 g/mol. The van der Waals surface area contributed by atoms with Crippen LogP contribution in [0.1, 0.15) is 13.8 Å². The Labute approximate surface area is 82.3 Å². The zero-order chi connectivity index (χ0) is 9.52. The lowest BCUT2D eigenvalue weighted by atomic mass is 10.4. The maximum Gasteiger partial charge on any atom is 0.0998 e. The van der Waals surface area contributed by atoms with Gasteiger partial charge in [-0.15, -0.1) is 0 Å². The second-order valence-corrected chi connectivity index (χ2v) is 6.39. The van der Waals surface area contributed by atoms with Crippen molar-refractivity contribution in [2.24, 2.45) is 0 Å². The van der Waals surface area contributed by atoms with E-state index in [2.05, 4.69) is 44.2 Å².